The second-order valence-electron chi connectivity index (χ2n) is 6.59. The molecule has 0 bridgehead atoms. The van der Waals surface area contributed by atoms with E-state index in [2.05, 4.69) is 15.2 Å². The minimum atomic E-state index is -0.424. The number of carbonyl (C=O) groups excluding carboxylic acids is 1. The first-order valence-corrected chi connectivity index (χ1v) is 8.70. The summed E-state index contributed by atoms with van der Waals surface area (Å²) in [4.78, 5) is 19.2. The van der Waals surface area contributed by atoms with Crippen LogP contribution >= 0.6 is 0 Å². The SMILES string of the molecule is Cc1noc2nc(-c3ccccc3F)cc(C(=O)N(C)Cc3ccnn3C)c12. The molecule has 8 heteroatoms. The lowest BCUT2D eigenvalue weighted by Gasteiger charge is -2.18. The maximum atomic E-state index is 14.3. The van der Waals surface area contributed by atoms with E-state index in [9.17, 15) is 9.18 Å². The number of rotatable bonds is 4. The minimum Gasteiger partial charge on any atom is -0.336 e. The zero-order valence-electron chi connectivity index (χ0n) is 15.7. The van der Waals surface area contributed by atoms with Crippen molar-refractivity contribution in [3.8, 4) is 11.3 Å². The molecular formula is C20H18FN5O2. The topological polar surface area (TPSA) is 77.1 Å². The van der Waals surface area contributed by atoms with E-state index in [-0.39, 0.29) is 11.6 Å². The number of amides is 1. The van der Waals surface area contributed by atoms with Crippen molar-refractivity contribution < 1.29 is 13.7 Å². The Morgan fingerprint density at radius 3 is 2.79 bits per heavy atom. The second-order valence-corrected chi connectivity index (χ2v) is 6.59. The molecule has 0 fully saturated rings. The minimum absolute atomic E-state index is 0.204. The number of pyridine rings is 1. The average molecular weight is 379 g/mol. The predicted octanol–water partition coefficient (Wildman–Crippen LogP) is 3.34. The smallest absolute Gasteiger partial charge is 0.259 e. The first-order chi connectivity index (χ1) is 13.5. The summed E-state index contributed by atoms with van der Waals surface area (Å²) in [5, 5.41) is 8.58. The van der Waals surface area contributed by atoms with Crippen LogP contribution in [-0.2, 0) is 13.6 Å². The molecule has 4 rings (SSSR count). The van der Waals surface area contributed by atoms with Gasteiger partial charge in [-0.15, -0.1) is 0 Å². The molecule has 4 aromatic rings. The molecule has 142 valence electrons. The first-order valence-electron chi connectivity index (χ1n) is 8.70. The second kappa shape index (κ2) is 6.88. The van der Waals surface area contributed by atoms with Gasteiger partial charge in [0.25, 0.3) is 11.6 Å². The number of aryl methyl sites for hydroxylation is 2. The summed E-state index contributed by atoms with van der Waals surface area (Å²) in [6, 6.07) is 9.72. The highest BCUT2D eigenvalue weighted by molar-refractivity contribution is 6.06. The van der Waals surface area contributed by atoms with Gasteiger partial charge in [-0.1, -0.05) is 17.3 Å². The van der Waals surface area contributed by atoms with Gasteiger partial charge in [-0.2, -0.15) is 5.10 Å². The summed E-state index contributed by atoms with van der Waals surface area (Å²) in [6.07, 6.45) is 1.68. The largest absolute Gasteiger partial charge is 0.336 e. The van der Waals surface area contributed by atoms with Crippen LogP contribution in [0, 0.1) is 12.7 Å². The number of carbonyl (C=O) groups is 1. The normalized spacial score (nSPS) is 11.1. The fourth-order valence-corrected chi connectivity index (χ4v) is 3.15. The van der Waals surface area contributed by atoms with Crippen LogP contribution in [-0.4, -0.2) is 37.8 Å². The predicted molar refractivity (Wildman–Crippen MR) is 101 cm³/mol. The summed E-state index contributed by atoms with van der Waals surface area (Å²) in [7, 11) is 3.52. The average Bonchev–Trinajstić information content (AvgIpc) is 3.26. The molecule has 0 N–H and O–H groups in total. The van der Waals surface area contributed by atoms with Crippen LogP contribution in [0.2, 0.25) is 0 Å². The van der Waals surface area contributed by atoms with E-state index in [1.165, 1.54) is 6.07 Å². The number of nitrogens with zero attached hydrogens (tertiary/aromatic N) is 5. The number of aromatic nitrogens is 4. The molecule has 1 aromatic carbocycles. The maximum absolute atomic E-state index is 14.3. The fraction of sp³-hybridized carbons (Fsp3) is 0.200. The third-order valence-electron chi connectivity index (χ3n) is 4.67. The zero-order valence-corrected chi connectivity index (χ0v) is 15.7. The lowest BCUT2D eigenvalue weighted by molar-refractivity contribution is 0.0784. The Balaban J connectivity index is 1.81. The molecule has 0 saturated heterocycles. The van der Waals surface area contributed by atoms with Crippen LogP contribution in [0.15, 0.2) is 47.1 Å². The Kier molecular flexibility index (Phi) is 4.38. The number of benzene rings is 1. The summed E-state index contributed by atoms with van der Waals surface area (Å²) >= 11 is 0. The van der Waals surface area contributed by atoms with E-state index in [0.29, 0.717) is 34.4 Å². The van der Waals surface area contributed by atoms with Gasteiger partial charge in [0.2, 0.25) is 0 Å². The van der Waals surface area contributed by atoms with Gasteiger partial charge in [0.1, 0.15) is 5.82 Å². The van der Waals surface area contributed by atoms with Crippen molar-refractivity contribution >= 4 is 17.0 Å². The van der Waals surface area contributed by atoms with Crippen molar-refractivity contribution in [1.82, 2.24) is 24.8 Å². The van der Waals surface area contributed by atoms with Gasteiger partial charge in [-0.3, -0.25) is 9.48 Å². The van der Waals surface area contributed by atoms with Crippen LogP contribution in [0.1, 0.15) is 21.7 Å². The molecule has 0 atom stereocenters. The fourth-order valence-electron chi connectivity index (χ4n) is 3.15. The number of halogens is 1. The van der Waals surface area contributed by atoms with Crippen LogP contribution in [0.3, 0.4) is 0 Å². The van der Waals surface area contributed by atoms with E-state index in [0.717, 1.165) is 5.69 Å². The van der Waals surface area contributed by atoms with Gasteiger partial charge in [-0.05, 0) is 31.2 Å². The van der Waals surface area contributed by atoms with Crippen LogP contribution in [0.25, 0.3) is 22.4 Å². The van der Waals surface area contributed by atoms with Crippen molar-refractivity contribution in [2.45, 2.75) is 13.5 Å². The summed E-state index contributed by atoms with van der Waals surface area (Å²) in [5.74, 6) is -0.662. The van der Waals surface area contributed by atoms with Gasteiger partial charge in [0.05, 0.1) is 34.6 Å². The Morgan fingerprint density at radius 2 is 2.07 bits per heavy atom. The molecule has 0 saturated carbocycles. The zero-order chi connectivity index (χ0) is 19.8. The van der Waals surface area contributed by atoms with Crippen molar-refractivity contribution in [3.63, 3.8) is 0 Å². The van der Waals surface area contributed by atoms with Gasteiger partial charge in [-0.25, -0.2) is 9.37 Å². The molecule has 28 heavy (non-hydrogen) atoms. The highest BCUT2D eigenvalue weighted by Gasteiger charge is 2.23. The Hall–Kier alpha value is -3.55. The van der Waals surface area contributed by atoms with Crippen molar-refractivity contribution in [1.29, 1.82) is 0 Å². The molecule has 0 aliphatic heterocycles. The van der Waals surface area contributed by atoms with Gasteiger partial charge in [0, 0.05) is 25.9 Å². The molecule has 1 amide bonds. The van der Waals surface area contributed by atoms with E-state index in [1.807, 2.05) is 13.1 Å². The van der Waals surface area contributed by atoms with Gasteiger partial charge < -0.3 is 9.42 Å². The molecule has 0 aliphatic carbocycles. The molecule has 7 nitrogen and oxygen atoms in total. The van der Waals surface area contributed by atoms with Crippen molar-refractivity contribution in [3.05, 3.63) is 65.4 Å². The van der Waals surface area contributed by atoms with Gasteiger partial charge in [0.15, 0.2) is 0 Å². The molecule has 0 aliphatic rings. The number of fused-ring (bicyclic) bond motifs is 1. The standard InChI is InChI=1S/C20H18FN5O2/c1-12-18-15(20(27)25(2)11-13-8-9-22-26(13)3)10-17(23-19(18)28-24-12)14-6-4-5-7-16(14)21/h4-10H,11H2,1-3H3. The van der Waals surface area contributed by atoms with E-state index >= 15 is 0 Å². The van der Waals surface area contributed by atoms with Crippen LogP contribution < -0.4 is 0 Å². The van der Waals surface area contributed by atoms with Crippen molar-refractivity contribution in [2.75, 3.05) is 7.05 Å². The van der Waals surface area contributed by atoms with E-state index < -0.39 is 5.82 Å². The highest BCUT2D eigenvalue weighted by atomic mass is 19.1. The molecule has 0 radical (unpaired) electrons. The molecular weight excluding hydrogens is 361 g/mol. The monoisotopic (exact) mass is 379 g/mol. The molecule has 0 spiro atoms. The Bertz CT molecular complexity index is 1180. The molecule has 3 aromatic heterocycles. The van der Waals surface area contributed by atoms with Gasteiger partial charge >= 0.3 is 0 Å². The summed E-state index contributed by atoms with van der Waals surface area (Å²) in [6.45, 7) is 2.12. The van der Waals surface area contributed by atoms with Crippen LogP contribution in [0.4, 0.5) is 4.39 Å². The van der Waals surface area contributed by atoms with E-state index in [4.69, 9.17) is 4.52 Å². The Morgan fingerprint density at radius 1 is 1.29 bits per heavy atom. The lowest BCUT2D eigenvalue weighted by atomic mass is 10.0. The number of hydrogen-bond acceptors (Lipinski definition) is 5. The molecule has 0 unspecified atom stereocenters. The third kappa shape index (κ3) is 3.02. The number of hydrogen-bond donors (Lipinski definition) is 0. The quantitative estimate of drug-likeness (QED) is 0.543. The van der Waals surface area contributed by atoms with Crippen molar-refractivity contribution in [2.24, 2.45) is 7.05 Å². The summed E-state index contributed by atoms with van der Waals surface area (Å²) in [5.41, 5.74) is 2.63. The lowest BCUT2D eigenvalue weighted by Crippen LogP contribution is -2.27. The van der Waals surface area contributed by atoms with Crippen LogP contribution in [0.5, 0.6) is 0 Å². The highest BCUT2D eigenvalue weighted by Crippen LogP contribution is 2.29. The third-order valence-corrected chi connectivity index (χ3v) is 4.67. The molecule has 3 heterocycles. The van der Waals surface area contributed by atoms with E-state index in [1.54, 1.807) is 54.0 Å². The summed E-state index contributed by atoms with van der Waals surface area (Å²) < 4.78 is 21.3. The maximum Gasteiger partial charge on any atom is 0.259 e. The first kappa shape index (κ1) is 17.8. The Labute approximate surface area is 160 Å².